The topological polar surface area (TPSA) is 99.2 Å². The molecule has 3 unspecified atom stereocenters. The molecule has 0 aromatic heterocycles. The van der Waals surface area contributed by atoms with Crippen molar-refractivity contribution in [2.45, 2.75) is 63.7 Å². The van der Waals surface area contributed by atoms with Crippen LogP contribution in [0.2, 0.25) is 0 Å². The van der Waals surface area contributed by atoms with Crippen LogP contribution in [0.3, 0.4) is 0 Å². The van der Waals surface area contributed by atoms with Crippen LogP contribution in [0.4, 0.5) is 0 Å². The lowest BCUT2D eigenvalue weighted by atomic mass is 9.94. The number of aliphatic hydroxyl groups excluding tert-OH is 1. The molecule has 31 heavy (non-hydrogen) atoms. The third-order valence-electron chi connectivity index (χ3n) is 6.73. The van der Waals surface area contributed by atoms with Gasteiger partial charge in [0.2, 0.25) is 11.8 Å². The van der Waals surface area contributed by atoms with E-state index in [0.29, 0.717) is 56.8 Å². The summed E-state index contributed by atoms with van der Waals surface area (Å²) in [5.74, 6) is 0.153. The minimum absolute atomic E-state index is 0.0846. The average molecular weight is 430 g/mol. The lowest BCUT2D eigenvalue weighted by Crippen LogP contribution is -2.53. The van der Waals surface area contributed by atoms with Crippen molar-refractivity contribution in [1.82, 2.24) is 15.1 Å². The normalized spacial score (nSPS) is 27.6. The number of amides is 3. The quantitative estimate of drug-likeness (QED) is 0.737. The first-order valence-electron chi connectivity index (χ1n) is 11.1. The highest BCUT2D eigenvalue weighted by atomic mass is 16.5. The second-order valence-electron chi connectivity index (χ2n) is 9.06. The Morgan fingerprint density at radius 3 is 2.87 bits per heavy atom. The van der Waals surface area contributed by atoms with Crippen molar-refractivity contribution < 1.29 is 24.2 Å². The van der Waals surface area contributed by atoms with Gasteiger partial charge in [0, 0.05) is 32.5 Å². The van der Waals surface area contributed by atoms with Crippen molar-refractivity contribution in [3.8, 4) is 5.75 Å². The second kappa shape index (κ2) is 8.49. The Balaban J connectivity index is 1.50. The van der Waals surface area contributed by atoms with Gasteiger partial charge in [0.1, 0.15) is 17.4 Å². The van der Waals surface area contributed by atoms with Crippen molar-refractivity contribution >= 4 is 17.7 Å². The number of aryl methyl sites for hydroxylation is 1. The Kier molecular flexibility index (Phi) is 5.92. The second-order valence-corrected chi connectivity index (χ2v) is 9.06. The molecule has 3 amide bonds. The van der Waals surface area contributed by atoms with Crippen LogP contribution < -0.4 is 10.1 Å². The molecule has 3 aliphatic rings. The first-order valence-corrected chi connectivity index (χ1v) is 11.1. The molecule has 8 heteroatoms. The number of piperidine rings is 1. The lowest BCUT2D eigenvalue weighted by Gasteiger charge is -2.36. The maximum absolute atomic E-state index is 13.0. The monoisotopic (exact) mass is 429 g/mol. The van der Waals surface area contributed by atoms with Crippen LogP contribution in [0, 0.1) is 6.92 Å². The number of carbonyl (C=O) groups is 3. The maximum Gasteiger partial charge on any atom is 0.255 e. The van der Waals surface area contributed by atoms with Gasteiger partial charge in [-0.05, 0) is 45.2 Å². The third-order valence-corrected chi connectivity index (χ3v) is 6.73. The van der Waals surface area contributed by atoms with Crippen LogP contribution in [0.25, 0.3) is 0 Å². The van der Waals surface area contributed by atoms with Crippen molar-refractivity contribution in [3.05, 3.63) is 29.3 Å². The predicted octanol–water partition coefficient (Wildman–Crippen LogP) is 1.24. The molecule has 0 radical (unpaired) electrons. The number of likely N-dealkylation sites (tertiary alicyclic amines) is 2. The summed E-state index contributed by atoms with van der Waals surface area (Å²) in [5.41, 5.74) is 0.798. The Bertz CT molecular complexity index is 888. The zero-order valence-electron chi connectivity index (χ0n) is 18.2. The van der Waals surface area contributed by atoms with Crippen molar-refractivity contribution in [2.75, 3.05) is 26.2 Å². The Morgan fingerprint density at radius 2 is 2.10 bits per heavy atom. The molecule has 3 aliphatic heterocycles. The first-order chi connectivity index (χ1) is 14.8. The summed E-state index contributed by atoms with van der Waals surface area (Å²) in [6.45, 7) is 5.31. The zero-order valence-corrected chi connectivity index (χ0v) is 18.2. The van der Waals surface area contributed by atoms with Crippen LogP contribution in [0.1, 0.15) is 54.9 Å². The molecule has 0 bridgehead atoms. The summed E-state index contributed by atoms with van der Waals surface area (Å²) in [6.07, 6.45) is 2.21. The van der Waals surface area contributed by atoms with Gasteiger partial charge in [0.05, 0.1) is 18.2 Å². The number of β-amino-alcohol motifs (C(OH)–C–C–N with tert-alkyl or cyclic N) is 1. The number of nitrogens with one attached hydrogen (secondary N) is 1. The number of fused-ring (bicyclic) bond motifs is 1. The van der Waals surface area contributed by atoms with E-state index in [-0.39, 0.29) is 24.1 Å². The highest BCUT2D eigenvalue weighted by molar-refractivity contribution is 5.97. The number of benzene rings is 1. The zero-order chi connectivity index (χ0) is 22.2. The molecular formula is C23H31N3O5. The summed E-state index contributed by atoms with van der Waals surface area (Å²) in [7, 11) is 0. The van der Waals surface area contributed by atoms with Gasteiger partial charge in [-0.2, -0.15) is 0 Å². The number of rotatable bonds is 2. The number of aliphatic hydroxyl groups is 1. The molecule has 2 N–H and O–H groups in total. The fourth-order valence-electron chi connectivity index (χ4n) is 4.81. The molecule has 4 rings (SSSR count). The predicted molar refractivity (Wildman–Crippen MR) is 114 cm³/mol. The molecule has 168 valence electrons. The summed E-state index contributed by atoms with van der Waals surface area (Å²) in [4.78, 5) is 41.8. The Labute approximate surface area is 182 Å². The molecular weight excluding hydrogens is 398 g/mol. The van der Waals surface area contributed by atoms with Gasteiger partial charge >= 0.3 is 0 Å². The van der Waals surface area contributed by atoms with E-state index in [4.69, 9.17) is 4.74 Å². The SMILES string of the molecule is Cc1ccc2c(c1)C(=O)NCC1(CCC(=O)N(C(C)C(=O)N3CCCC(O)C3)CC1)O2. The van der Waals surface area contributed by atoms with E-state index in [2.05, 4.69) is 5.32 Å². The number of carbonyl (C=O) groups excluding carboxylic acids is 3. The fraction of sp³-hybridized carbons (Fsp3) is 0.609. The lowest BCUT2D eigenvalue weighted by molar-refractivity contribution is -0.146. The molecule has 3 atom stereocenters. The van der Waals surface area contributed by atoms with Gasteiger partial charge < -0.3 is 25.0 Å². The molecule has 1 spiro atoms. The Hall–Kier alpha value is -2.61. The van der Waals surface area contributed by atoms with Crippen LogP contribution in [0.15, 0.2) is 18.2 Å². The summed E-state index contributed by atoms with van der Waals surface area (Å²) in [6, 6.07) is 4.94. The number of ether oxygens (including phenoxy) is 1. The fourth-order valence-corrected chi connectivity index (χ4v) is 4.81. The largest absolute Gasteiger partial charge is 0.485 e. The van der Waals surface area contributed by atoms with Crippen molar-refractivity contribution in [1.29, 1.82) is 0 Å². The molecule has 3 heterocycles. The highest BCUT2D eigenvalue weighted by Crippen LogP contribution is 2.34. The van der Waals surface area contributed by atoms with Gasteiger partial charge in [-0.3, -0.25) is 14.4 Å². The first kappa shape index (κ1) is 21.6. The van der Waals surface area contributed by atoms with Crippen molar-refractivity contribution in [3.63, 3.8) is 0 Å². The standard InChI is InChI=1S/C23H31N3O5/c1-15-5-6-19-18(12-15)21(29)24-14-23(31-19)8-7-20(28)26(11-9-23)16(2)22(30)25-10-3-4-17(27)13-25/h5-6,12,16-17,27H,3-4,7-11,13-14H2,1-2H3,(H,24,29). The van der Waals surface area contributed by atoms with Crippen molar-refractivity contribution in [2.24, 2.45) is 0 Å². The van der Waals surface area contributed by atoms with E-state index in [0.717, 1.165) is 12.0 Å². The van der Waals surface area contributed by atoms with E-state index in [1.165, 1.54) is 0 Å². The van der Waals surface area contributed by atoms with Gasteiger partial charge in [0.25, 0.3) is 5.91 Å². The van der Waals surface area contributed by atoms with Crippen LogP contribution in [-0.2, 0) is 9.59 Å². The molecule has 1 aromatic rings. The minimum Gasteiger partial charge on any atom is -0.485 e. The number of hydrogen-bond acceptors (Lipinski definition) is 5. The van der Waals surface area contributed by atoms with E-state index >= 15 is 0 Å². The van der Waals surface area contributed by atoms with Crippen LogP contribution in [0.5, 0.6) is 5.75 Å². The molecule has 1 aromatic carbocycles. The van der Waals surface area contributed by atoms with Gasteiger partial charge in [-0.1, -0.05) is 11.6 Å². The van der Waals surface area contributed by atoms with E-state index < -0.39 is 17.7 Å². The van der Waals surface area contributed by atoms with E-state index in [1.807, 2.05) is 25.1 Å². The van der Waals surface area contributed by atoms with Gasteiger partial charge in [0.15, 0.2) is 0 Å². The van der Waals surface area contributed by atoms with Gasteiger partial charge in [-0.25, -0.2) is 0 Å². The van der Waals surface area contributed by atoms with E-state index in [1.54, 1.807) is 16.7 Å². The highest BCUT2D eigenvalue weighted by Gasteiger charge is 2.42. The molecule has 2 fully saturated rings. The number of nitrogens with zero attached hydrogens (tertiary/aromatic N) is 2. The minimum atomic E-state index is -0.690. The van der Waals surface area contributed by atoms with Crippen LogP contribution >= 0.6 is 0 Å². The smallest absolute Gasteiger partial charge is 0.255 e. The molecule has 8 nitrogen and oxygen atoms in total. The summed E-state index contributed by atoms with van der Waals surface area (Å²) < 4.78 is 6.37. The van der Waals surface area contributed by atoms with Crippen LogP contribution in [-0.4, -0.2) is 76.6 Å². The summed E-state index contributed by atoms with van der Waals surface area (Å²) >= 11 is 0. The number of hydrogen-bond donors (Lipinski definition) is 2. The Morgan fingerprint density at radius 1 is 1.29 bits per heavy atom. The molecule has 2 saturated heterocycles. The molecule has 0 aliphatic carbocycles. The summed E-state index contributed by atoms with van der Waals surface area (Å²) in [5, 5.41) is 12.9. The van der Waals surface area contributed by atoms with E-state index in [9.17, 15) is 19.5 Å². The average Bonchev–Trinajstić information content (AvgIpc) is 3.00. The maximum atomic E-state index is 13.0. The van der Waals surface area contributed by atoms with Gasteiger partial charge in [-0.15, -0.1) is 0 Å². The third kappa shape index (κ3) is 4.39. The molecule has 0 saturated carbocycles.